The van der Waals surface area contributed by atoms with Crippen molar-refractivity contribution in [3.63, 3.8) is 0 Å². The molecule has 0 radical (unpaired) electrons. The van der Waals surface area contributed by atoms with E-state index in [1.165, 1.54) is 76.8 Å². The van der Waals surface area contributed by atoms with Crippen molar-refractivity contribution in [3.8, 4) is 22.3 Å². The molecule has 0 saturated carbocycles. The Morgan fingerprint density at radius 1 is 0.491 bits per heavy atom. The zero-order valence-corrected chi connectivity index (χ0v) is 30.2. The van der Waals surface area contributed by atoms with Crippen molar-refractivity contribution in [1.29, 1.82) is 0 Å². The second kappa shape index (κ2) is 12.5. The normalized spacial score (nSPS) is 14.6. The molecule has 3 N–H and O–H groups in total. The molecule has 9 aromatic carbocycles. The van der Waals surface area contributed by atoms with Crippen molar-refractivity contribution in [2.75, 3.05) is 0 Å². The predicted molar refractivity (Wildman–Crippen MR) is 229 cm³/mol. The Bertz CT molecular complexity index is 2950. The first-order valence-electron chi connectivity index (χ1n) is 19.1. The Morgan fingerprint density at radius 3 is 1.80 bits per heavy atom. The maximum absolute atomic E-state index is 7.05. The molecular formula is C52H37N3. The number of nitrogens with two attached hydrogens (primary N) is 1. The van der Waals surface area contributed by atoms with Gasteiger partial charge in [0, 0.05) is 11.8 Å². The predicted octanol–water partition coefficient (Wildman–Crippen LogP) is 11.9. The second-order valence-corrected chi connectivity index (χ2v) is 14.8. The molecule has 0 aromatic heterocycles. The maximum Gasteiger partial charge on any atom is 0.127 e. The van der Waals surface area contributed by atoms with E-state index in [0.717, 1.165) is 16.7 Å². The van der Waals surface area contributed by atoms with Crippen LogP contribution in [0, 0.1) is 0 Å². The van der Waals surface area contributed by atoms with Gasteiger partial charge in [-0.2, -0.15) is 0 Å². The van der Waals surface area contributed by atoms with Crippen LogP contribution in [-0.2, 0) is 5.41 Å². The van der Waals surface area contributed by atoms with Gasteiger partial charge in [0.25, 0.3) is 0 Å². The number of nitrogens with one attached hydrogen (secondary N) is 1. The lowest BCUT2D eigenvalue weighted by Gasteiger charge is -2.31. The average molecular weight is 704 g/mol. The second-order valence-electron chi connectivity index (χ2n) is 14.8. The van der Waals surface area contributed by atoms with Crippen molar-refractivity contribution in [3.05, 3.63) is 227 Å². The quantitative estimate of drug-likeness (QED) is 0.0784. The first-order valence-corrected chi connectivity index (χ1v) is 19.1. The van der Waals surface area contributed by atoms with Gasteiger partial charge in [-0.05, 0) is 94.0 Å². The Balaban J connectivity index is 1.17. The van der Waals surface area contributed by atoms with Crippen LogP contribution in [0.2, 0.25) is 0 Å². The summed E-state index contributed by atoms with van der Waals surface area (Å²) in [6.07, 6.45) is 1.18. The van der Waals surface area contributed by atoms with Crippen LogP contribution >= 0.6 is 0 Å². The topological polar surface area (TPSA) is 50.4 Å². The molecule has 3 heteroatoms. The zero-order valence-electron chi connectivity index (χ0n) is 30.2. The van der Waals surface area contributed by atoms with Crippen LogP contribution in [0.1, 0.15) is 51.3 Å². The van der Waals surface area contributed by atoms with Crippen LogP contribution in [-0.4, -0.2) is 6.21 Å². The highest BCUT2D eigenvalue weighted by Crippen LogP contribution is 2.63. The zero-order chi connectivity index (χ0) is 36.5. The fraction of sp³-hybridized carbons (Fsp3) is 0.0577. The van der Waals surface area contributed by atoms with Gasteiger partial charge in [0.1, 0.15) is 6.17 Å². The number of fused-ring (bicyclic) bond motifs is 14. The fourth-order valence-electron chi connectivity index (χ4n) is 9.70. The number of hydrogen-bond acceptors (Lipinski definition) is 3. The van der Waals surface area contributed by atoms with Gasteiger partial charge >= 0.3 is 0 Å². The highest BCUT2D eigenvalue weighted by atomic mass is 15.1. The van der Waals surface area contributed by atoms with Gasteiger partial charge in [-0.25, -0.2) is 0 Å². The SMILES string of the molecule is NC(NC(/N=C/c1c2ccccc2cc2ccc3ccccc3c12)c1cccc2c1-c1ccccc1C21c2ccccc2-c2ccccc21)c1ccccc1. The summed E-state index contributed by atoms with van der Waals surface area (Å²) in [6, 6.07) is 67.9. The van der Waals surface area contributed by atoms with Gasteiger partial charge in [-0.3, -0.25) is 10.3 Å². The number of aliphatic imine (C=N–C) groups is 1. The molecule has 2 aliphatic rings. The van der Waals surface area contributed by atoms with Crippen molar-refractivity contribution in [1.82, 2.24) is 5.32 Å². The summed E-state index contributed by atoms with van der Waals surface area (Å²) in [5, 5.41) is 11.0. The first kappa shape index (κ1) is 31.8. The van der Waals surface area contributed by atoms with Crippen molar-refractivity contribution in [2.24, 2.45) is 10.7 Å². The molecule has 55 heavy (non-hydrogen) atoms. The molecule has 2 aliphatic carbocycles. The van der Waals surface area contributed by atoms with Gasteiger partial charge in [-0.1, -0.05) is 182 Å². The third-order valence-corrected chi connectivity index (χ3v) is 12.0. The molecule has 2 atom stereocenters. The van der Waals surface area contributed by atoms with Crippen LogP contribution < -0.4 is 11.1 Å². The van der Waals surface area contributed by atoms with E-state index in [1.54, 1.807) is 0 Å². The molecule has 9 aromatic rings. The Labute approximate surface area is 320 Å². The summed E-state index contributed by atoms with van der Waals surface area (Å²) < 4.78 is 0. The van der Waals surface area contributed by atoms with E-state index in [1.807, 2.05) is 18.2 Å². The molecule has 2 unspecified atom stereocenters. The molecular weight excluding hydrogens is 667 g/mol. The summed E-state index contributed by atoms with van der Waals surface area (Å²) in [7, 11) is 0. The molecule has 0 bridgehead atoms. The molecule has 11 rings (SSSR count). The summed E-state index contributed by atoms with van der Waals surface area (Å²) in [5.41, 5.74) is 20.1. The van der Waals surface area contributed by atoms with E-state index in [-0.39, 0.29) is 0 Å². The van der Waals surface area contributed by atoms with E-state index < -0.39 is 17.7 Å². The summed E-state index contributed by atoms with van der Waals surface area (Å²) in [5.74, 6) is 0. The maximum atomic E-state index is 7.05. The van der Waals surface area contributed by atoms with Crippen LogP contribution in [0.15, 0.2) is 193 Å². The van der Waals surface area contributed by atoms with Crippen LogP contribution in [0.25, 0.3) is 54.6 Å². The number of hydrogen-bond donors (Lipinski definition) is 2. The molecule has 0 amide bonds. The summed E-state index contributed by atoms with van der Waals surface area (Å²) in [6.45, 7) is 0. The lowest BCUT2D eigenvalue weighted by atomic mass is 9.70. The third-order valence-electron chi connectivity index (χ3n) is 12.0. The monoisotopic (exact) mass is 703 g/mol. The van der Waals surface area contributed by atoms with Gasteiger partial charge in [0.15, 0.2) is 0 Å². The number of nitrogens with zero attached hydrogens (tertiary/aromatic N) is 1. The van der Waals surface area contributed by atoms with Gasteiger partial charge in [0.2, 0.25) is 0 Å². The van der Waals surface area contributed by atoms with Gasteiger partial charge in [0.05, 0.1) is 11.6 Å². The highest BCUT2D eigenvalue weighted by Gasteiger charge is 2.52. The van der Waals surface area contributed by atoms with Crippen molar-refractivity contribution >= 4 is 38.5 Å². The van der Waals surface area contributed by atoms with E-state index in [9.17, 15) is 0 Å². The lowest BCUT2D eigenvalue weighted by Crippen LogP contribution is -2.32. The van der Waals surface area contributed by atoms with Crippen LogP contribution in [0.4, 0.5) is 0 Å². The Kier molecular flexibility index (Phi) is 7.21. The largest absolute Gasteiger partial charge is 0.312 e. The van der Waals surface area contributed by atoms with Gasteiger partial charge < -0.3 is 5.73 Å². The molecule has 3 nitrogen and oxygen atoms in total. The molecule has 260 valence electrons. The van der Waals surface area contributed by atoms with Gasteiger partial charge in [-0.15, -0.1) is 0 Å². The molecule has 1 spiro atoms. The smallest absolute Gasteiger partial charge is 0.127 e. The van der Waals surface area contributed by atoms with E-state index in [4.69, 9.17) is 10.7 Å². The number of benzene rings is 9. The minimum absolute atomic E-state index is 0.449. The highest BCUT2D eigenvalue weighted by molar-refractivity contribution is 6.21. The number of rotatable bonds is 6. The third kappa shape index (κ3) is 4.67. The van der Waals surface area contributed by atoms with E-state index in [0.29, 0.717) is 0 Å². The Hall–Kier alpha value is -6.65. The Morgan fingerprint density at radius 2 is 1.05 bits per heavy atom. The fourth-order valence-corrected chi connectivity index (χ4v) is 9.70. The molecule has 0 saturated heterocycles. The van der Waals surface area contributed by atoms with E-state index in [2.05, 4.69) is 181 Å². The molecule has 0 fully saturated rings. The molecule has 0 heterocycles. The van der Waals surface area contributed by atoms with Crippen LogP contribution in [0.3, 0.4) is 0 Å². The summed E-state index contributed by atoms with van der Waals surface area (Å²) >= 11 is 0. The standard InChI is InChI=1S/C52H37N3/c53-50(34-16-2-1-3-17-34)55-51(54-32-43-37-19-6-5-18-35(37)31-36-30-29-33-15-4-7-20-38(33)48(36)43)42-24-14-28-47-49(42)41-23-10-13-27-46(41)52(47)44-25-11-8-21-39(44)40-22-9-12-26-45(40)52/h1-32,50-51,55H,53H2/b54-32+. The average Bonchev–Trinajstić information content (AvgIpc) is 3.72. The van der Waals surface area contributed by atoms with E-state index >= 15 is 0 Å². The van der Waals surface area contributed by atoms with Crippen molar-refractivity contribution < 1.29 is 0 Å². The first-order chi connectivity index (χ1) is 27.2. The lowest BCUT2D eigenvalue weighted by molar-refractivity contribution is 0.467. The van der Waals surface area contributed by atoms with Crippen LogP contribution in [0.5, 0.6) is 0 Å². The summed E-state index contributed by atoms with van der Waals surface area (Å²) in [4.78, 5) is 5.57. The van der Waals surface area contributed by atoms with Crippen molar-refractivity contribution in [2.45, 2.75) is 17.7 Å². The minimum Gasteiger partial charge on any atom is -0.312 e. The molecule has 0 aliphatic heterocycles. The minimum atomic E-state index is -0.468.